The maximum Gasteiger partial charge on any atom is 0.320 e. The number of carboxylic acids is 1. The summed E-state index contributed by atoms with van der Waals surface area (Å²) in [4.78, 5) is 12.9. The Morgan fingerprint density at radius 2 is 2.00 bits per heavy atom. The Labute approximate surface area is 140 Å². The summed E-state index contributed by atoms with van der Waals surface area (Å²) in [5, 5.41) is 32.1. The van der Waals surface area contributed by atoms with Gasteiger partial charge in [0.1, 0.15) is 6.04 Å². The number of hydrogen-bond donors (Lipinski definition) is 4. The lowest BCUT2D eigenvalue weighted by atomic mass is 10.1. The quantitative estimate of drug-likeness (QED) is 0.267. The fourth-order valence-corrected chi connectivity index (χ4v) is 2.30. The van der Waals surface area contributed by atoms with Gasteiger partial charge in [0.05, 0.1) is 12.2 Å². The normalized spacial score (nSPS) is 15.3. The molecule has 0 aromatic rings. The summed E-state index contributed by atoms with van der Waals surface area (Å²) in [6.45, 7) is 9.25. The molecule has 3 atom stereocenters. The molecule has 3 unspecified atom stereocenters. The third kappa shape index (κ3) is 11.3. The summed E-state index contributed by atoms with van der Waals surface area (Å²) in [5.41, 5.74) is 0. The van der Waals surface area contributed by atoms with Gasteiger partial charge in [-0.15, -0.1) is 6.58 Å². The number of unbranched alkanes of at least 4 members (excludes halogenated alkanes) is 1. The van der Waals surface area contributed by atoms with Crippen LogP contribution in [0.15, 0.2) is 12.7 Å². The average Bonchev–Trinajstić information content (AvgIpc) is 2.52. The first-order valence-corrected chi connectivity index (χ1v) is 8.56. The van der Waals surface area contributed by atoms with Crippen molar-refractivity contribution in [2.24, 2.45) is 0 Å². The Balaban J connectivity index is 4.21. The minimum Gasteiger partial charge on any atom is -0.480 e. The number of nitrogens with one attached hydrogen (secondary N) is 1. The fraction of sp³-hybridized carbons (Fsp3) is 0.824. The molecule has 0 radical (unpaired) electrons. The van der Waals surface area contributed by atoms with Gasteiger partial charge in [-0.2, -0.15) is 0 Å². The first-order valence-electron chi connectivity index (χ1n) is 8.56. The predicted molar refractivity (Wildman–Crippen MR) is 92.5 cm³/mol. The van der Waals surface area contributed by atoms with E-state index in [-0.39, 0.29) is 6.10 Å². The van der Waals surface area contributed by atoms with Gasteiger partial charge in [0, 0.05) is 26.2 Å². The van der Waals surface area contributed by atoms with Crippen molar-refractivity contribution in [1.29, 1.82) is 0 Å². The molecule has 0 aromatic carbocycles. The van der Waals surface area contributed by atoms with Gasteiger partial charge in [-0.05, 0) is 26.2 Å². The van der Waals surface area contributed by atoms with Crippen LogP contribution in [0.2, 0.25) is 0 Å². The number of hydrogen-bond acceptors (Lipinski definition) is 5. The summed E-state index contributed by atoms with van der Waals surface area (Å²) >= 11 is 0. The van der Waals surface area contributed by atoms with E-state index in [2.05, 4.69) is 18.8 Å². The summed E-state index contributed by atoms with van der Waals surface area (Å²) < 4.78 is 0. The molecular weight excluding hydrogens is 296 g/mol. The van der Waals surface area contributed by atoms with Crippen LogP contribution in [0.25, 0.3) is 0 Å². The molecule has 0 heterocycles. The van der Waals surface area contributed by atoms with Crippen molar-refractivity contribution < 1.29 is 20.1 Å². The molecule has 0 aliphatic carbocycles. The van der Waals surface area contributed by atoms with E-state index in [0.29, 0.717) is 39.0 Å². The lowest BCUT2D eigenvalue weighted by Gasteiger charge is -2.28. The number of allylic oxidation sites excluding steroid dienone is 1. The number of carbonyl (C=O) groups is 1. The van der Waals surface area contributed by atoms with Crippen LogP contribution < -0.4 is 5.32 Å². The molecule has 136 valence electrons. The predicted octanol–water partition coefficient (Wildman–Crippen LogP) is 1.23. The molecule has 0 bridgehead atoms. The second kappa shape index (κ2) is 13.5. The lowest BCUT2D eigenvalue weighted by Crippen LogP contribution is -2.46. The average molecular weight is 330 g/mol. The van der Waals surface area contributed by atoms with Crippen LogP contribution in [0, 0.1) is 0 Å². The molecule has 0 fully saturated rings. The molecular formula is C17H34N2O4. The largest absolute Gasteiger partial charge is 0.480 e. The topological polar surface area (TPSA) is 93.0 Å². The second-order valence-corrected chi connectivity index (χ2v) is 6.03. The monoisotopic (exact) mass is 330 g/mol. The molecule has 6 nitrogen and oxygen atoms in total. The zero-order chi connectivity index (χ0) is 17.7. The third-order valence-corrected chi connectivity index (χ3v) is 3.90. The highest BCUT2D eigenvalue weighted by molar-refractivity contribution is 5.72. The molecule has 6 heteroatoms. The molecule has 0 aromatic heterocycles. The van der Waals surface area contributed by atoms with Crippen LogP contribution in [0.3, 0.4) is 0 Å². The highest BCUT2D eigenvalue weighted by Gasteiger charge is 2.22. The second-order valence-electron chi connectivity index (χ2n) is 6.03. The Hall–Kier alpha value is -0.950. The van der Waals surface area contributed by atoms with Crippen molar-refractivity contribution >= 4 is 5.97 Å². The van der Waals surface area contributed by atoms with Crippen LogP contribution >= 0.6 is 0 Å². The van der Waals surface area contributed by atoms with Gasteiger partial charge in [0.2, 0.25) is 0 Å². The van der Waals surface area contributed by atoms with Gasteiger partial charge >= 0.3 is 5.97 Å². The van der Waals surface area contributed by atoms with Crippen LogP contribution in [-0.4, -0.2) is 70.6 Å². The first kappa shape index (κ1) is 22.1. The van der Waals surface area contributed by atoms with Crippen molar-refractivity contribution in [3.8, 4) is 0 Å². The van der Waals surface area contributed by atoms with E-state index in [1.807, 2.05) is 0 Å². The molecule has 0 amide bonds. The highest BCUT2D eigenvalue weighted by atomic mass is 16.4. The van der Waals surface area contributed by atoms with Crippen LogP contribution in [0.5, 0.6) is 0 Å². The van der Waals surface area contributed by atoms with Crippen LogP contribution in [0.4, 0.5) is 0 Å². The van der Waals surface area contributed by atoms with Crippen molar-refractivity contribution in [1.82, 2.24) is 10.2 Å². The van der Waals surface area contributed by atoms with E-state index in [4.69, 9.17) is 0 Å². The number of carboxylic acid groups (broad SMARTS) is 1. The lowest BCUT2D eigenvalue weighted by molar-refractivity contribution is -0.143. The van der Waals surface area contributed by atoms with E-state index in [1.165, 1.54) is 0 Å². The van der Waals surface area contributed by atoms with Gasteiger partial charge in [0.15, 0.2) is 0 Å². The van der Waals surface area contributed by atoms with Gasteiger partial charge < -0.3 is 20.6 Å². The molecule has 4 N–H and O–H groups in total. The van der Waals surface area contributed by atoms with E-state index in [0.717, 1.165) is 19.3 Å². The van der Waals surface area contributed by atoms with Crippen molar-refractivity contribution in [3.05, 3.63) is 12.7 Å². The summed E-state index contributed by atoms with van der Waals surface area (Å²) in [7, 11) is 0. The number of aliphatic hydroxyl groups excluding tert-OH is 2. The molecule has 0 rings (SSSR count). The number of nitrogens with zero attached hydrogens (tertiary/aromatic N) is 1. The molecule has 0 aliphatic heterocycles. The fourth-order valence-electron chi connectivity index (χ4n) is 2.30. The molecule has 0 saturated carbocycles. The number of aliphatic hydroxyl groups is 2. The van der Waals surface area contributed by atoms with Gasteiger partial charge in [0.25, 0.3) is 0 Å². The van der Waals surface area contributed by atoms with Gasteiger partial charge in [-0.25, -0.2) is 0 Å². The van der Waals surface area contributed by atoms with Crippen LogP contribution in [0.1, 0.15) is 46.0 Å². The van der Waals surface area contributed by atoms with E-state index >= 15 is 0 Å². The van der Waals surface area contributed by atoms with E-state index < -0.39 is 18.1 Å². The zero-order valence-electron chi connectivity index (χ0n) is 14.6. The Morgan fingerprint density at radius 3 is 2.57 bits per heavy atom. The summed E-state index contributed by atoms with van der Waals surface area (Å²) in [6, 6.07) is -0.653. The molecule has 23 heavy (non-hydrogen) atoms. The SMILES string of the molecule is C=CCCC(O)CN(CCNCC(O)CCCC)C(C)C(=O)O. The molecule has 0 spiro atoms. The van der Waals surface area contributed by atoms with E-state index in [9.17, 15) is 20.1 Å². The highest BCUT2D eigenvalue weighted by Crippen LogP contribution is 2.05. The smallest absolute Gasteiger partial charge is 0.320 e. The maximum atomic E-state index is 11.2. The first-order chi connectivity index (χ1) is 10.9. The van der Waals surface area contributed by atoms with Crippen molar-refractivity contribution in [2.75, 3.05) is 26.2 Å². The number of rotatable bonds is 15. The third-order valence-electron chi connectivity index (χ3n) is 3.90. The van der Waals surface area contributed by atoms with Crippen molar-refractivity contribution in [3.63, 3.8) is 0 Å². The molecule has 0 aliphatic rings. The van der Waals surface area contributed by atoms with Crippen molar-refractivity contribution in [2.45, 2.75) is 64.2 Å². The van der Waals surface area contributed by atoms with E-state index in [1.54, 1.807) is 17.9 Å². The summed E-state index contributed by atoms with van der Waals surface area (Å²) in [5.74, 6) is -0.899. The summed E-state index contributed by atoms with van der Waals surface area (Å²) in [6.07, 6.45) is 4.94. The van der Waals surface area contributed by atoms with Gasteiger partial charge in [-0.1, -0.05) is 25.8 Å². The Bertz CT molecular complexity index is 326. The zero-order valence-corrected chi connectivity index (χ0v) is 14.6. The Kier molecular flexibility index (Phi) is 12.9. The number of aliphatic carboxylic acids is 1. The maximum absolute atomic E-state index is 11.2. The van der Waals surface area contributed by atoms with Gasteiger partial charge in [-0.3, -0.25) is 9.69 Å². The standard InChI is InChI=1S/C17H34N2O4/c1-4-6-8-15(20)12-18-10-11-19(14(3)17(22)23)13-16(21)9-7-5-2/h5,14-16,18,20-21H,2,4,6-13H2,1,3H3,(H,22,23). The minimum absolute atomic E-state index is 0.321. The van der Waals surface area contributed by atoms with Crippen LogP contribution in [-0.2, 0) is 4.79 Å². The minimum atomic E-state index is -0.899. The Morgan fingerprint density at radius 1 is 1.30 bits per heavy atom. The molecule has 0 saturated heterocycles.